The summed E-state index contributed by atoms with van der Waals surface area (Å²) in [6.45, 7) is 4.20. The molecule has 0 radical (unpaired) electrons. The highest BCUT2D eigenvalue weighted by Crippen LogP contribution is 2.30. The smallest absolute Gasteiger partial charge is 0.255 e. The average Bonchev–Trinajstić information content (AvgIpc) is 3.36. The summed E-state index contributed by atoms with van der Waals surface area (Å²) in [7, 11) is -2.09. The summed E-state index contributed by atoms with van der Waals surface area (Å²) < 4.78 is 32.7. The van der Waals surface area contributed by atoms with E-state index < -0.39 is 10.0 Å². The van der Waals surface area contributed by atoms with Gasteiger partial charge in [0.2, 0.25) is 10.0 Å². The fraction of sp³-hybridized carbons (Fsp3) is 0.458. The molecular weight excluding hydrogens is 426 g/mol. The maximum Gasteiger partial charge on any atom is 0.255 e. The normalized spacial score (nSPS) is 17.9. The van der Waals surface area contributed by atoms with Crippen LogP contribution in [0.3, 0.4) is 0 Å². The molecule has 2 aliphatic heterocycles. The van der Waals surface area contributed by atoms with Crippen molar-refractivity contribution in [2.45, 2.75) is 43.5 Å². The molecule has 4 rings (SSSR count). The Balaban J connectivity index is 1.48. The Morgan fingerprint density at radius 3 is 2.25 bits per heavy atom. The zero-order valence-corrected chi connectivity index (χ0v) is 19.4. The third kappa shape index (κ3) is 5.14. The molecule has 0 spiro atoms. The fourth-order valence-corrected chi connectivity index (χ4v) is 5.90. The van der Waals surface area contributed by atoms with Crippen LogP contribution in [-0.2, 0) is 16.6 Å². The number of rotatable bonds is 7. The number of methoxy groups -OCH3 is 1. The number of benzene rings is 2. The highest BCUT2D eigenvalue weighted by atomic mass is 32.2. The molecule has 32 heavy (non-hydrogen) atoms. The van der Waals surface area contributed by atoms with Crippen molar-refractivity contribution in [2.75, 3.05) is 38.6 Å². The fourth-order valence-electron chi connectivity index (χ4n) is 4.35. The second kappa shape index (κ2) is 10.0. The Hall–Kier alpha value is -2.42. The van der Waals surface area contributed by atoms with Crippen molar-refractivity contribution in [1.29, 1.82) is 0 Å². The maximum absolute atomic E-state index is 12.9. The Morgan fingerprint density at radius 2 is 1.59 bits per heavy atom. The second-order valence-electron chi connectivity index (χ2n) is 8.46. The molecule has 0 saturated carbocycles. The number of carbonyl (C=O) groups excluding carboxylic acids is 1. The van der Waals surface area contributed by atoms with Crippen molar-refractivity contribution in [2.24, 2.45) is 0 Å². The number of nitrogens with one attached hydrogen (secondary N) is 1. The van der Waals surface area contributed by atoms with Crippen LogP contribution in [0.2, 0.25) is 0 Å². The average molecular weight is 458 g/mol. The molecule has 2 heterocycles. The minimum Gasteiger partial charge on any atom is -0.495 e. The largest absolute Gasteiger partial charge is 0.495 e. The molecule has 2 saturated heterocycles. The Kier molecular flexibility index (Phi) is 7.13. The lowest BCUT2D eigenvalue weighted by atomic mass is 10.1. The number of likely N-dealkylation sites (tertiary alicyclic amines) is 1. The van der Waals surface area contributed by atoms with Gasteiger partial charge in [0.05, 0.1) is 17.7 Å². The summed E-state index contributed by atoms with van der Waals surface area (Å²) in [6.07, 6.45) is 5.53. The van der Waals surface area contributed by atoms with Crippen LogP contribution in [0, 0.1) is 0 Å². The first-order chi connectivity index (χ1) is 15.5. The number of sulfonamides is 1. The van der Waals surface area contributed by atoms with Crippen molar-refractivity contribution in [3.8, 4) is 5.75 Å². The molecule has 7 nitrogen and oxygen atoms in total. The van der Waals surface area contributed by atoms with Crippen molar-refractivity contribution < 1.29 is 17.9 Å². The molecular formula is C24H31N3O4S. The van der Waals surface area contributed by atoms with E-state index in [1.54, 1.807) is 6.07 Å². The van der Waals surface area contributed by atoms with Gasteiger partial charge in [0, 0.05) is 25.2 Å². The zero-order chi connectivity index (χ0) is 22.6. The summed E-state index contributed by atoms with van der Waals surface area (Å²) in [5.74, 6) is 0.115. The van der Waals surface area contributed by atoms with Crippen molar-refractivity contribution in [1.82, 2.24) is 9.21 Å². The van der Waals surface area contributed by atoms with E-state index in [2.05, 4.69) is 10.2 Å². The standard InChI is InChI=1S/C24H31N3O4S/c1-31-23-12-11-21(32(29,30)27-15-5-6-16-27)17-22(23)25-24(28)20-9-7-19(8-10-20)18-26-13-3-2-4-14-26/h7-12,17H,2-6,13-16,18H2,1H3,(H,25,28). The van der Waals surface area contributed by atoms with Gasteiger partial charge in [-0.1, -0.05) is 18.6 Å². The topological polar surface area (TPSA) is 79.0 Å². The highest BCUT2D eigenvalue weighted by Gasteiger charge is 2.28. The molecule has 2 aromatic rings. The van der Waals surface area contributed by atoms with Gasteiger partial charge in [-0.15, -0.1) is 0 Å². The summed E-state index contributed by atoms with van der Waals surface area (Å²) in [6, 6.07) is 12.2. The minimum atomic E-state index is -3.58. The number of carbonyl (C=O) groups is 1. The number of anilines is 1. The first-order valence-corrected chi connectivity index (χ1v) is 12.7. The third-order valence-electron chi connectivity index (χ3n) is 6.19. The lowest BCUT2D eigenvalue weighted by molar-refractivity contribution is 0.102. The molecule has 172 valence electrons. The van der Waals surface area contributed by atoms with E-state index in [1.807, 2.05) is 24.3 Å². The number of piperidine rings is 1. The molecule has 0 bridgehead atoms. The van der Waals surface area contributed by atoms with E-state index >= 15 is 0 Å². The van der Waals surface area contributed by atoms with E-state index in [0.29, 0.717) is 30.1 Å². The summed E-state index contributed by atoms with van der Waals surface area (Å²) in [5, 5.41) is 2.82. The Labute approximate surface area is 190 Å². The lowest BCUT2D eigenvalue weighted by Crippen LogP contribution is -2.29. The van der Waals surface area contributed by atoms with Gasteiger partial charge in [0.1, 0.15) is 5.75 Å². The highest BCUT2D eigenvalue weighted by molar-refractivity contribution is 7.89. The van der Waals surface area contributed by atoms with Gasteiger partial charge in [-0.2, -0.15) is 4.31 Å². The van der Waals surface area contributed by atoms with Crippen LogP contribution >= 0.6 is 0 Å². The van der Waals surface area contributed by atoms with Gasteiger partial charge >= 0.3 is 0 Å². The van der Waals surface area contributed by atoms with Gasteiger partial charge in [0.15, 0.2) is 0 Å². The molecule has 8 heteroatoms. The van der Waals surface area contributed by atoms with E-state index in [0.717, 1.165) is 32.5 Å². The van der Waals surface area contributed by atoms with E-state index in [9.17, 15) is 13.2 Å². The van der Waals surface area contributed by atoms with Crippen LogP contribution in [0.25, 0.3) is 0 Å². The lowest BCUT2D eigenvalue weighted by Gasteiger charge is -2.26. The number of hydrogen-bond donors (Lipinski definition) is 1. The molecule has 1 amide bonds. The van der Waals surface area contributed by atoms with E-state index in [4.69, 9.17) is 4.74 Å². The summed E-state index contributed by atoms with van der Waals surface area (Å²) in [5.41, 5.74) is 2.04. The van der Waals surface area contributed by atoms with Gasteiger partial charge in [-0.05, 0) is 74.7 Å². The first-order valence-electron chi connectivity index (χ1n) is 11.3. The predicted molar refractivity (Wildman–Crippen MR) is 125 cm³/mol. The van der Waals surface area contributed by atoms with Gasteiger partial charge in [-0.25, -0.2) is 8.42 Å². The van der Waals surface area contributed by atoms with Crippen LogP contribution in [0.4, 0.5) is 5.69 Å². The minimum absolute atomic E-state index is 0.160. The van der Waals surface area contributed by atoms with Crippen LogP contribution in [0.1, 0.15) is 48.0 Å². The second-order valence-corrected chi connectivity index (χ2v) is 10.4. The van der Waals surface area contributed by atoms with Crippen LogP contribution < -0.4 is 10.1 Å². The maximum atomic E-state index is 12.9. The summed E-state index contributed by atoms with van der Waals surface area (Å²) in [4.78, 5) is 15.5. The molecule has 1 N–H and O–H groups in total. The van der Waals surface area contributed by atoms with Crippen molar-refractivity contribution >= 4 is 21.6 Å². The van der Waals surface area contributed by atoms with Gasteiger partial charge in [-0.3, -0.25) is 9.69 Å². The molecule has 2 aliphatic rings. The molecule has 0 aromatic heterocycles. The molecule has 0 aliphatic carbocycles. The number of hydrogen-bond acceptors (Lipinski definition) is 5. The molecule has 2 aromatic carbocycles. The zero-order valence-electron chi connectivity index (χ0n) is 18.5. The molecule has 0 atom stereocenters. The van der Waals surface area contributed by atoms with Gasteiger partial charge in [0.25, 0.3) is 5.91 Å². The summed E-state index contributed by atoms with van der Waals surface area (Å²) >= 11 is 0. The van der Waals surface area contributed by atoms with Crippen LogP contribution in [0.15, 0.2) is 47.4 Å². The number of ether oxygens (including phenoxy) is 1. The molecule has 0 unspecified atom stereocenters. The van der Waals surface area contributed by atoms with E-state index in [1.165, 1.54) is 48.4 Å². The van der Waals surface area contributed by atoms with E-state index in [-0.39, 0.29) is 10.8 Å². The predicted octanol–water partition coefficient (Wildman–Crippen LogP) is 3.72. The number of nitrogens with zero attached hydrogens (tertiary/aromatic N) is 2. The van der Waals surface area contributed by atoms with Gasteiger partial charge < -0.3 is 10.1 Å². The number of amides is 1. The molecule has 2 fully saturated rings. The third-order valence-corrected chi connectivity index (χ3v) is 8.09. The Bertz CT molecular complexity index is 1040. The SMILES string of the molecule is COc1ccc(S(=O)(=O)N2CCCC2)cc1NC(=O)c1ccc(CN2CCCCC2)cc1. The van der Waals surface area contributed by atoms with Crippen LogP contribution in [-0.4, -0.2) is 56.8 Å². The quantitative estimate of drug-likeness (QED) is 0.686. The van der Waals surface area contributed by atoms with Crippen molar-refractivity contribution in [3.63, 3.8) is 0 Å². The Morgan fingerprint density at radius 1 is 0.938 bits per heavy atom. The van der Waals surface area contributed by atoms with Crippen molar-refractivity contribution in [3.05, 3.63) is 53.6 Å². The first kappa shape index (κ1) is 22.8. The monoisotopic (exact) mass is 457 g/mol. The van der Waals surface area contributed by atoms with Crippen LogP contribution in [0.5, 0.6) is 5.75 Å².